The summed E-state index contributed by atoms with van der Waals surface area (Å²) in [5.74, 6) is -0.993. The zero-order chi connectivity index (χ0) is 17.7. The van der Waals surface area contributed by atoms with Gasteiger partial charge in [0.05, 0.1) is 12.8 Å². The molecule has 1 aliphatic carbocycles. The summed E-state index contributed by atoms with van der Waals surface area (Å²) in [5, 5.41) is 15.9. The van der Waals surface area contributed by atoms with Crippen LogP contribution in [0.25, 0.3) is 0 Å². The molecular formula is C19H22N2O4. The summed E-state index contributed by atoms with van der Waals surface area (Å²) in [5.41, 5.74) is -0.173. The van der Waals surface area contributed by atoms with Gasteiger partial charge in [0, 0.05) is 6.54 Å². The molecule has 1 heterocycles. The SMILES string of the molecule is O=C(NCCc1ccccc1)C(=O)NC[C@@](O)(c1ccco1)C1CC1. The van der Waals surface area contributed by atoms with Crippen LogP contribution in [0.15, 0.2) is 53.1 Å². The second-order valence-electron chi connectivity index (χ2n) is 6.35. The zero-order valence-corrected chi connectivity index (χ0v) is 13.9. The molecule has 3 rings (SSSR count). The number of hydrogen-bond donors (Lipinski definition) is 3. The van der Waals surface area contributed by atoms with Crippen molar-refractivity contribution in [3.63, 3.8) is 0 Å². The molecule has 132 valence electrons. The zero-order valence-electron chi connectivity index (χ0n) is 13.9. The lowest BCUT2D eigenvalue weighted by Crippen LogP contribution is -2.47. The molecule has 6 heteroatoms. The number of nitrogens with one attached hydrogen (secondary N) is 2. The second-order valence-corrected chi connectivity index (χ2v) is 6.35. The first-order chi connectivity index (χ1) is 12.1. The van der Waals surface area contributed by atoms with Crippen LogP contribution in [0.3, 0.4) is 0 Å². The minimum atomic E-state index is -1.26. The van der Waals surface area contributed by atoms with Crippen molar-refractivity contribution in [2.45, 2.75) is 24.9 Å². The lowest BCUT2D eigenvalue weighted by molar-refractivity contribution is -0.140. The van der Waals surface area contributed by atoms with E-state index in [0.717, 1.165) is 18.4 Å². The minimum Gasteiger partial charge on any atom is -0.466 e. The minimum absolute atomic E-state index is 0.0418. The van der Waals surface area contributed by atoms with Crippen LogP contribution in [0.2, 0.25) is 0 Å². The van der Waals surface area contributed by atoms with Gasteiger partial charge in [-0.1, -0.05) is 30.3 Å². The molecule has 3 N–H and O–H groups in total. The molecule has 0 radical (unpaired) electrons. The summed E-state index contributed by atoms with van der Waals surface area (Å²) in [6, 6.07) is 13.1. The maximum atomic E-state index is 12.0. The van der Waals surface area contributed by atoms with Crippen LogP contribution in [0, 0.1) is 5.92 Å². The Morgan fingerprint density at radius 3 is 2.44 bits per heavy atom. The molecule has 1 aliphatic rings. The highest BCUT2D eigenvalue weighted by atomic mass is 16.4. The van der Waals surface area contributed by atoms with E-state index in [2.05, 4.69) is 10.6 Å². The topological polar surface area (TPSA) is 91.6 Å². The molecule has 0 bridgehead atoms. The van der Waals surface area contributed by atoms with E-state index in [-0.39, 0.29) is 12.5 Å². The van der Waals surface area contributed by atoms with Gasteiger partial charge in [0.2, 0.25) is 0 Å². The van der Waals surface area contributed by atoms with Gasteiger partial charge in [0.25, 0.3) is 0 Å². The van der Waals surface area contributed by atoms with Crippen LogP contribution >= 0.6 is 0 Å². The normalized spacial score (nSPS) is 16.0. The first kappa shape index (κ1) is 17.2. The Balaban J connectivity index is 1.47. The van der Waals surface area contributed by atoms with E-state index in [9.17, 15) is 14.7 Å². The number of carbonyl (C=O) groups is 2. The second kappa shape index (κ2) is 7.53. The quantitative estimate of drug-likeness (QED) is 0.663. The van der Waals surface area contributed by atoms with Gasteiger partial charge in [-0.15, -0.1) is 0 Å². The number of hydrogen-bond acceptors (Lipinski definition) is 4. The summed E-state index contributed by atoms with van der Waals surface area (Å²) in [7, 11) is 0. The van der Waals surface area contributed by atoms with E-state index in [1.807, 2.05) is 30.3 Å². The number of rotatable bonds is 7. The highest BCUT2D eigenvalue weighted by Gasteiger charge is 2.47. The Hall–Kier alpha value is -2.60. The largest absolute Gasteiger partial charge is 0.466 e. The average Bonchev–Trinajstić information content (AvgIpc) is 3.35. The molecule has 2 aromatic rings. The van der Waals surface area contributed by atoms with E-state index in [1.54, 1.807) is 12.1 Å². The molecule has 1 fully saturated rings. The van der Waals surface area contributed by atoms with Crippen LogP contribution in [-0.2, 0) is 21.6 Å². The van der Waals surface area contributed by atoms with Gasteiger partial charge in [-0.25, -0.2) is 0 Å². The van der Waals surface area contributed by atoms with Gasteiger partial charge in [-0.2, -0.15) is 0 Å². The third kappa shape index (κ3) is 4.28. The number of amides is 2. The summed E-state index contributed by atoms with van der Waals surface area (Å²) in [6.07, 6.45) is 3.88. The van der Waals surface area contributed by atoms with E-state index in [0.29, 0.717) is 18.7 Å². The lowest BCUT2D eigenvalue weighted by Gasteiger charge is -2.26. The van der Waals surface area contributed by atoms with Crippen molar-refractivity contribution in [3.05, 3.63) is 60.1 Å². The van der Waals surface area contributed by atoms with Crippen molar-refractivity contribution in [2.24, 2.45) is 5.92 Å². The average molecular weight is 342 g/mol. The molecule has 0 unspecified atom stereocenters. The van der Waals surface area contributed by atoms with Crippen molar-refractivity contribution in [1.82, 2.24) is 10.6 Å². The Kier molecular flexibility index (Phi) is 5.19. The van der Waals surface area contributed by atoms with Crippen molar-refractivity contribution in [2.75, 3.05) is 13.1 Å². The molecule has 2 amide bonds. The van der Waals surface area contributed by atoms with Crippen molar-refractivity contribution in [3.8, 4) is 0 Å². The molecular weight excluding hydrogens is 320 g/mol. The van der Waals surface area contributed by atoms with Gasteiger partial charge in [0.15, 0.2) is 0 Å². The first-order valence-corrected chi connectivity index (χ1v) is 8.46. The fourth-order valence-corrected chi connectivity index (χ4v) is 2.86. The summed E-state index contributed by atoms with van der Waals surface area (Å²) in [6.45, 7) is 0.331. The van der Waals surface area contributed by atoms with E-state index < -0.39 is 17.4 Å². The van der Waals surface area contributed by atoms with Crippen LogP contribution in [-0.4, -0.2) is 30.0 Å². The smallest absolute Gasteiger partial charge is 0.309 e. The highest BCUT2D eigenvalue weighted by molar-refractivity contribution is 6.35. The Labute approximate surface area is 146 Å². The van der Waals surface area contributed by atoms with Gasteiger partial charge in [-0.05, 0) is 42.9 Å². The lowest BCUT2D eigenvalue weighted by atomic mass is 9.94. The predicted octanol–water partition coefficient (Wildman–Crippen LogP) is 1.35. The van der Waals surface area contributed by atoms with Gasteiger partial charge < -0.3 is 20.2 Å². The Morgan fingerprint density at radius 2 is 1.80 bits per heavy atom. The summed E-state index contributed by atoms with van der Waals surface area (Å²) < 4.78 is 5.30. The summed E-state index contributed by atoms with van der Waals surface area (Å²) >= 11 is 0. The van der Waals surface area contributed by atoms with Crippen molar-refractivity contribution >= 4 is 11.8 Å². The maximum absolute atomic E-state index is 12.0. The van der Waals surface area contributed by atoms with Crippen LogP contribution < -0.4 is 10.6 Å². The number of aliphatic hydroxyl groups is 1. The van der Waals surface area contributed by atoms with Gasteiger partial charge in [0.1, 0.15) is 11.4 Å². The van der Waals surface area contributed by atoms with E-state index >= 15 is 0 Å². The number of furan rings is 1. The van der Waals surface area contributed by atoms with Gasteiger partial charge in [-0.3, -0.25) is 9.59 Å². The summed E-state index contributed by atoms with van der Waals surface area (Å²) in [4.78, 5) is 23.9. The van der Waals surface area contributed by atoms with Crippen LogP contribution in [0.1, 0.15) is 24.2 Å². The van der Waals surface area contributed by atoms with Crippen LogP contribution in [0.4, 0.5) is 0 Å². The highest BCUT2D eigenvalue weighted by Crippen LogP contribution is 2.45. The fourth-order valence-electron chi connectivity index (χ4n) is 2.86. The van der Waals surface area contributed by atoms with Crippen molar-refractivity contribution < 1.29 is 19.1 Å². The number of benzene rings is 1. The molecule has 0 saturated heterocycles. The van der Waals surface area contributed by atoms with Crippen molar-refractivity contribution in [1.29, 1.82) is 0 Å². The monoisotopic (exact) mass is 342 g/mol. The predicted molar refractivity (Wildman–Crippen MR) is 91.5 cm³/mol. The Bertz CT molecular complexity index is 710. The first-order valence-electron chi connectivity index (χ1n) is 8.46. The molecule has 1 aromatic heterocycles. The molecule has 1 saturated carbocycles. The molecule has 25 heavy (non-hydrogen) atoms. The van der Waals surface area contributed by atoms with Gasteiger partial charge >= 0.3 is 11.8 Å². The fraction of sp³-hybridized carbons (Fsp3) is 0.368. The standard InChI is InChI=1S/C19H22N2O4/c22-17(20-11-10-14-5-2-1-3-6-14)18(23)21-13-19(24,15-8-9-15)16-7-4-12-25-16/h1-7,12,15,24H,8-11,13H2,(H,20,22)(H,21,23)/t19-/m0/s1. The van der Waals surface area contributed by atoms with Crippen LogP contribution in [0.5, 0.6) is 0 Å². The molecule has 0 aliphatic heterocycles. The molecule has 6 nitrogen and oxygen atoms in total. The molecule has 1 atom stereocenters. The molecule has 0 spiro atoms. The number of carbonyl (C=O) groups excluding carboxylic acids is 2. The molecule has 1 aromatic carbocycles. The van der Waals surface area contributed by atoms with E-state index in [4.69, 9.17) is 4.42 Å². The third-order valence-corrected chi connectivity index (χ3v) is 4.47. The third-order valence-electron chi connectivity index (χ3n) is 4.47. The maximum Gasteiger partial charge on any atom is 0.309 e. The Morgan fingerprint density at radius 1 is 1.08 bits per heavy atom. The van der Waals surface area contributed by atoms with E-state index in [1.165, 1.54) is 6.26 Å².